The third-order valence-corrected chi connectivity index (χ3v) is 23.9. The topological polar surface area (TPSA) is 178 Å². The number of anilines is 1. The number of ether oxygens (including phenoxy) is 9. The molecule has 17 nitrogen and oxygen atoms in total. The molecule has 792 valence electrons. The van der Waals surface area contributed by atoms with Crippen LogP contribution in [0.4, 0.5) is 10.5 Å². The Morgan fingerprint density at radius 2 is 0.861 bits per heavy atom. The number of carbonyl (C=O) groups excluding carboxylic acids is 1. The van der Waals surface area contributed by atoms with Gasteiger partial charge in [-0.05, 0) is 224 Å². The van der Waals surface area contributed by atoms with Crippen LogP contribution in [0.1, 0.15) is 304 Å². The summed E-state index contributed by atoms with van der Waals surface area (Å²) >= 11 is 17.6. The molecule has 20 heteroatoms. The highest BCUT2D eigenvalue weighted by atomic mass is 35.5. The fraction of sp³-hybridized carbons (Fsp3) is 0.516. The zero-order valence-electron chi connectivity index (χ0n) is 94.3. The van der Waals surface area contributed by atoms with Crippen LogP contribution in [0.3, 0.4) is 0 Å². The minimum Gasteiger partial charge on any atom is -0.495 e. The number of amides is 1. The van der Waals surface area contributed by atoms with Crippen LogP contribution >= 0.6 is 34.8 Å². The molecule has 3 aliphatic rings. The van der Waals surface area contributed by atoms with Gasteiger partial charge < -0.3 is 58.0 Å². The van der Waals surface area contributed by atoms with Crippen LogP contribution in [-0.4, -0.2) is 149 Å². The van der Waals surface area contributed by atoms with Crippen LogP contribution in [0, 0.1) is 12.3 Å². The van der Waals surface area contributed by atoms with Crippen molar-refractivity contribution in [2.45, 2.75) is 320 Å². The van der Waals surface area contributed by atoms with E-state index in [2.05, 4.69) is 347 Å². The van der Waals surface area contributed by atoms with Crippen molar-refractivity contribution in [2.75, 3.05) is 105 Å². The van der Waals surface area contributed by atoms with E-state index >= 15 is 0 Å². The first kappa shape index (κ1) is 126. The molecule has 2 unspecified atom stereocenters. The van der Waals surface area contributed by atoms with Crippen molar-refractivity contribution in [3.63, 3.8) is 0 Å². The molecule has 13 rings (SSSR count). The number of carbonyl (C=O) groups is 1. The van der Waals surface area contributed by atoms with Crippen LogP contribution in [0.15, 0.2) is 225 Å². The van der Waals surface area contributed by atoms with Crippen molar-refractivity contribution in [1.82, 2.24) is 25.2 Å². The van der Waals surface area contributed by atoms with Crippen molar-refractivity contribution >= 4 is 46.6 Å². The first-order valence-corrected chi connectivity index (χ1v) is 51.8. The van der Waals surface area contributed by atoms with Crippen LogP contribution < -0.4 is 38.6 Å². The number of pyridine rings is 3. The van der Waals surface area contributed by atoms with E-state index in [1.807, 2.05) is 130 Å². The summed E-state index contributed by atoms with van der Waals surface area (Å²) in [7, 11) is 3.30. The van der Waals surface area contributed by atoms with Gasteiger partial charge in [-0.1, -0.05) is 339 Å². The SMILES string of the molecule is C#CCOc1cccc(C(C)(C)C)c1.CC(C)(C)OC(=O)NCCCOc1cccc(C(C)(C)C)c1.CC(C)(C)c1cc(N2CCN(CCO)CC2)ccn1.CC(C)(C)c1ccc(Cl)cc1.CC(C)(C)c1ccc(OC2CCOC2)cc1.CC(C)(C)c1ccc(OC2CCOC2)cc1.CC(C)(C)c1cccc(Cl)c1.CC(C)(C)c1ccccc1Cl.COc1ccc(C(C)(C)C)nc1.COc1cncc(C(C)(C)C)c1. The molecule has 0 saturated carbocycles. The third kappa shape index (κ3) is 51.0. The van der Waals surface area contributed by atoms with Gasteiger partial charge in [-0.2, -0.15) is 0 Å². The fourth-order valence-electron chi connectivity index (χ4n) is 13.9. The largest absolute Gasteiger partial charge is 0.495 e. The first-order valence-electron chi connectivity index (χ1n) is 50.7. The highest BCUT2D eigenvalue weighted by molar-refractivity contribution is 6.31. The van der Waals surface area contributed by atoms with Crippen molar-refractivity contribution in [3.8, 4) is 46.8 Å². The summed E-state index contributed by atoms with van der Waals surface area (Å²) in [6.45, 7) is 80.6. The van der Waals surface area contributed by atoms with Gasteiger partial charge in [-0.15, -0.1) is 6.42 Å². The fourth-order valence-corrected chi connectivity index (χ4v) is 14.7. The quantitative estimate of drug-likeness (QED) is 0.0689. The molecule has 3 aliphatic heterocycles. The molecular weight excluding hydrogens is 1860 g/mol. The molecule has 1 amide bonds. The standard InChI is InChI=1S/C18H29NO3.C15H25N3O.2C14H20O2.C13H16O.3C10H13Cl.2C10H15NO/c1-17(2,3)14-9-7-10-15(13-14)21-12-8-11-19-16(20)22-18(4,5)6;1-15(2,3)14-12-13(4-5-16-14)18-8-6-17(7-9-18)10-11-19;2*1-14(2,3)11-4-6-12(7-5-11)16-13-8-9-15-10-13;1-5-9-14-12-8-6-7-11(10-12)13(2,3)4;1-10(2,3)8-4-6-9(11)7-5-8;1-10(2,3)8-5-4-6-9(11)7-8;1-10(2,3)8-6-4-5-7-9(8)11;1-10(2,3)8-5-9(12-4)7-11-6-8;1-10(2,3)9-6-5-8(12-4)7-11-9/h7,9-10,13H,8,11-12H2,1-6H3,(H,19,20);4-5,12,19H,6-11H2,1-3H3;2*4-7,13H,8-10H2,1-3H3;1,6-8,10H,9H2,2-4H3;3*4-7H,1-3H3;2*5-7H,1-4H3. The summed E-state index contributed by atoms with van der Waals surface area (Å²) in [4.78, 5) is 29.1. The van der Waals surface area contributed by atoms with E-state index in [0.29, 0.717) is 19.8 Å². The lowest BCUT2D eigenvalue weighted by atomic mass is 9.87. The molecule has 10 aromatic rings. The van der Waals surface area contributed by atoms with Gasteiger partial charge in [0.1, 0.15) is 58.9 Å². The van der Waals surface area contributed by atoms with Gasteiger partial charge in [-0.3, -0.25) is 19.9 Å². The second kappa shape index (κ2) is 59.2. The lowest BCUT2D eigenvalue weighted by Gasteiger charge is -2.36. The van der Waals surface area contributed by atoms with Crippen LogP contribution in [0.5, 0.6) is 34.5 Å². The maximum Gasteiger partial charge on any atom is 0.407 e. The van der Waals surface area contributed by atoms with Crippen molar-refractivity contribution < 1.29 is 52.5 Å². The van der Waals surface area contributed by atoms with Crippen LogP contribution in [-0.2, 0) is 68.4 Å². The zero-order valence-corrected chi connectivity index (χ0v) is 96.6. The van der Waals surface area contributed by atoms with Crippen molar-refractivity contribution in [1.29, 1.82) is 0 Å². The maximum absolute atomic E-state index is 11.5. The van der Waals surface area contributed by atoms with Gasteiger partial charge >= 0.3 is 6.09 Å². The lowest BCUT2D eigenvalue weighted by molar-refractivity contribution is 0.0525. The molecule has 2 N–H and O–H groups in total. The molecular formula is C124H179Cl3N6O11. The van der Waals surface area contributed by atoms with E-state index in [1.165, 1.54) is 50.2 Å². The number of piperazine rings is 1. The minimum absolute atomic E-state index is 0.0920. The summed E-state index contributed by atoms with van der Waals surface area (Å²) in [5, 5.41) is 14.2. The molecule has 0 radical (unpaired) electrons. The number of hydrogen-bond acceptors (Lipinski definition) is 16. The van der Waals surface area contributed by atoms with Crippen molar-refractivity contribution in [3.05, 3.63) is 296 Å². The summed E-state index contributed by atoms with van der Waals surface area (Å²) in [6.07, 6.45) is 15.2. The molecule has 144 heavy (non-hydrogen) atoms. The smallest absolute Gasteiger partial charge is 0.407 e. The monoisotopic (exact) mass is 2030 g/mol. The first-order chi connectivity index (χ1) is 66.8. The maximum atomic E-state index is 11.5. The Hall–Kier alpha value is -9.87. The predicted octanol–water partition coefficient (Wildman–Crippen LogP) is 30.8. The summed E-state index contributed by atoms with van der Waals surface area (Å²) in [6, 6.07) is 67.2. The Bertz CT molecular complexity index is 5260. The Morgan fingerprint density at radius 3 is 1.24 bits per heavy atom. The second-order valence-electron chi connectivity index (χ2n) is 47.6. The normalized spacial score (nSPS) is 14.4. The van der Waals surface area contributed by atoms with Gasteiger partial charge in [0.2, 0.25) is 0 Å². The number of nitrogens with one attached hydrogen (secondary N) is 1. The number of hydrogen-bond donors (Lipinski definition) is 2. The second-order valence-corrected chi connectivity index (χ2v) is 48.9. The molecule has 3 aromatic heterocycles. The molecule has 0 aliphatic carbocycles. The Labute approximate surface area is 885 Å². The molecule has 0 spiro atoms. The Kier molecular flexibility index (Phi) is 52.0. The summed E-state index contributed by atoms with van der Waals surface area (Å²) in [5.74, 6) is 7.69. The third-order valence-electron chi connectivity index (χ3n) is 23.1. The minimum atomic E-state index is -0.464. The van der Waals surface area contributed by atoms with Gasteiger partial charge in [0.05, 0.1) is 66.3 Å². The van der Waals surface area contributed by atoms with E-state index in [1.54, 1.807) is 26.6 Å². The number of aromatic nitrogens is 3. The van der Waals surface area contributed by atoms with Gasteiger partial charge in [-0.25, -0.2) is 4.79 Å². The van der Waals surface area contributed by atoms with E-state index in [0.717, 1.165) is 139 Å². The predicted molar refractivity (Wildman–Crippen MR) is 607 cm³/mol. The highest BCUT2D eigenvalue weighted by Gasteiger charge is 2.26. The molecule has 6 heterocycles. The number of aliphatic hydroxyl groups is 1. The molecule has 7 aromatic carbocycles. The van der Waals surface area contributed by atoms with E-state index < -0.39 is 5.60 Å². The summed E-state index contributed by atoms with van der Waals surface area (Å²) in [5.41, 5.74) is 14.8. The van der Waals surface area contributed by atoms with Crippen LogP contribution in [0.2, 0.25) is 15.1 Å². The lowest BCUT2D eigenvalue weighted by Crippen LogP contribution is -2.47. The molecule has 0 bridgehead atoms. The average molecular weight is 2040 g/mol. The number of alkyl carbamates (subject to hydrolysis) is 1. The number of halogens is 3. The molecule has 3 saturated heterocycles. The average Bonchev–Trinajstić information content (AvgIpc) is 0.944. The number of methoxy groups -OCH3 is 2. The Morgan fingerprint density at radius 1 is 0.424 bits per heavy atom. The van der Waals surface area contributed by atoms with E-state index in [9.17, 15) is 4.79 Å². The Balaban J connectivity index is 0.000000336. The zero-order chi connectivity index (χ0) is 108. The number of benzene rings is 7. The number of terminal acetylenes is 1. The summed E-state index contributed by atoms with van der Waals surface area (Å²) < 4.78 is 48.6. The number of aliphatic hydroxyl groups excluding tert-OH is 1. The number of rotatable bonds is 16. The van der Waals surface area contributed by atoms with E-state index in [-0.39, 0.29) is 79.1 Å². The number of β-amino-alcohol motifs (C(OH)–C–C–N with tert-alkyl or cyclic N) is 1. The van der Waals surface area contributed by atoms with Gasteiger partial charge in [0.15, 0.2) is 0 Å². The van der Waals surface area contributed by atoms with Crippen LogP contribution in [0.25, 0.3) is 0 Å². The number of nitrogens with zero attached hydrogens (tertiary/aromatic N) is 5. The molecule has 3 fully saturated rings. The highest BCUT2D eigenvalue weighted by Crippen LogP contribution is 2.35. The van der Waals surface area contributed by atoms with E-state index in [4.69, 9.17) is 89.0 Å². The van der Waals surface area contributed by atoms with Gasteiger partial charge in [0.25, 0.3) is 0 Å². The molecule has 2 atom stereocenters. The van der Waals surface area contributed by atoms with Gasteiger partial charge in [0, 0.05) is 107 Å². The van der Waals surface area contributed by atoms with Crippen molar-refractivity contribution in [2.24, 2.45) is 0 Å².